The molecule has 0 aromatic heterocycles. The molecule has 4 aliphatic carbocycles. The van der Waals surface area contributed by atoms with Gasteiger partial charge in [-0.25, -0.2) is 0 Å². The van der Waals surface area contributed by atoms with Crippen molar-refractivity contribution in [3.8, 4) is 55.6 Å². The summed E-state index contributed by atoms with van der Waals surface area (Å²) < 4.78 is 0. The van der Waals surface area contributed by atoms with E-state index in [1.807, 2.05) is 0 Å². The van der Waals surface area contributed by atoms with Crippen molar-refractivity contribution < 1.29 is 0 Å². The molecule has 0 amide bonds. The van der Waals surface area contributed by atoms with Crippen LogP contribution in [0.4, 0.5) is 17.1 Å². The molecule has 0 unspecified atom stereocenters. The second kappa shape index (κ2) is 13.3. The van der Waals surface area contributed by atoms with Crippen LogP contribution in [0.5, 0.6) is 0 Å². The molecule has 14 rings (SSSR count). The lowest BCUT2D eigenvalue weighted by molar-refractivity contribution is 0.793. The third-order valence-corrected chi connectivity index (χ3v) is 15.2. The summed E-state index contributed by atoms with van der Waals surface area (Å²) in [5.41, 5.74) is 29.0. The summed E-state index contributed by atoms with van der Waals surface area (Å²) in [7, 11) is 0. The molecule has 0 bridgehead atoms. The van der Waals surface area contributed by atoms with E-state index in [1.54, 1.807) is 0 Å². The van der Waals surface area contributed by atoms with E-state index in [4.69, 9.17) is 0 Å². The van der Waals surface area contributed by atoms with Crippen molar-refractivity contribution in [1.29, 1.82) is 0 Å². The van der Waals surface area contributed by atoms with Gasteiger partial charge in [-0.1, -0.05) is 199 Å². The van der Waals surface area contributed by atoms with Crippen molar-refractivity contribution in [3.63, 3.8) is 0 Å². The first-order chi connectivity index (χ1) is 32.1. The molecule has 4 aliphatic rings. The van der Waals surface area contributed by atoms with Gasteiger partial charge in [-0.05, 0) is 150 Å². The fourth-order valence-corrected chi connectivity index (χ4v) is 12.7. The summed E-state index contributed by atoms with van der Waals surface area (Å²) >= 11 is 0. The molecular weight excluding hydrogens is 783 g/mol. The molecule has 10 aromatic carbocycles. The smallest absolute Gasteiger partial charge is 0.0731 e. The summed E-state index contributed by atoms with van der Waals surface area (Å²) in [6.45, 7) is 4.47. The molecule has 0 heterocycles. The first-order valence-corrected chi connectivity index (χ1v) is 22.9. The number of hydrogen-bond donors (Lipinski definition) is 0. The molecule has 0 atom stereocenters. The fourth-order valence-electron chi connectivity index (χ4n) is 12.7. The number of para-hydroxylation sites is 1. The molecule has 1 nitrogen and oxygen atoms in total. The van der Waals surface area contributed by atoms with E-state index in [1.165, 1.54) is 111 Å². The van der Waals surface area contributed by atoms with Crippen LogP contribution in [0.2, 0.25) is 0 Å². The maximum Gasteiger partial charge on any atom is 0.0731 e. The molecule has 1 heteroatoms. The maximum absolute atomic E-state index is 2.49. The fraction of sp³-hybridized carbons (Fsp3) is 0.0625. The first-order valence-electron chi connectivity index (χ1n) is 22.9. The van der Waals surface area contributed by atoms with Gasteiger partial charge in [0, 0.05) is 17.1 Å². The maximum atomic E-state index is 2.49. The van der Waals surface area contributed by atoms with Crippen molar-refractivity contribution in [2.75, 3.05) is 4.90 Å². The monoisotopic (exact) mass is 825 g/mol. The van der Waals surface area contributed by atoms with Gasteiger partial charge in [-0.15, -0.1) is 0 Å². The summed E-state index contributed by atoms with van der Waals surface area (Å²) in [6.07, 6.45) is 0. The van der Waals surface area contributed by atoms with Gasteiger partial charge in [0.15, 0.2) is 0 Å². The zero-order chi connectivity index (χ0) is 43.0. The highest BCUT2D eigenvalue weighted by Gasteiger charge is 2.54. The normalized spacial score (nSPS) is 14.2. The van der Waals surface area contributed by atoms with Crippen molar-refractivity contribution in [2.24, 2.45) is 0 Å². The summed E-state index contributed by atoms with van der Waals surface area (Å²) in [6, 6.07) is 84.9. The lowest BCUT2D eigenvalue weighted by Gasteiger charge is -2.33. The molecule has 10 aromatic rings. The van der Waals surface area contributed by atoms with Gasteiger partial charge >= 0.3 is 0 Å². The van der Waals surface area contributed by atoms with E-state index in [2.05, 4.69) is 243 Å². The first kappa shape index (κ1) is 36.5. The van der Waals surface area contributed by atoms with Crippen LogP contribution in [0.1, 0.15) is 55.6 Å². The van der Waals surface area contributed by atoms with Crippen LogP contribution in [-0.4, -0.2) is 0 Å². The number of hydrogen-bond acceptors (Lipinski definition) is 1. The second-order valence-corrected chi connectivity index (χ2v) is 18.5. The number of aryl methyl sites for hydroxylation is 2. The van der Waals surface area contributed by atoms with Crippen LogP contribution in [0.25, 0.3) is 55.6 Å². The van der Waals surface area contributed by atoms with Crippen LogP contribution < -0.4 is 4.90 Å². The third kappa shape index (κ3) is 4.67. The van der Waals surface area contributed by atoms with E-state index in [9.17, 15) is 0 Å². The largest absolute Gasteiger partial charge is 0.310 e. The summed E-state index contributed by atoms with van der Waals surface area (Å²) in [5, 5.41) is 0. The van der Waals surface area contributed by atoms with E-state index in [-0.39, 0.29) is 0 Å². The highest BCUT2D eigenvalue weighted by atomic mass is 15.1. The Morgan fingerprint density at radius 1 is 0.262 bits per heavy atom. The van der Waals surface area contributed by atoms with Gasteiger partial charge in [0.25, 0.3) is 0 Å². The zero-order valence-corrected chi connectivity index (χ0v) is 36.3. The highest BCUT2D eigenvalue weighted by Crippen LogP contribution is 2.66. The minimum Gasteiger partial charge on any atom is -0.310 e. The topological polar surface area (TPSA) is 3.24 Å². The molecule has 0 aliphatic heterocycles. The Morgan fingerprint density at radius 2 is 0.646 bits per heavy atom. The van der Waals surface area contributed by atoms with Crippen LogP contribution in [-0.2, 0) is 10.8 Å². The van der Waals surface area contributed by atoms with Gasteiger partial charge < -0.3 is 4.90 Å². The van der Waals surface area contributed by atoms with Crippen molar-refractivity contribution in [1.82, 2.24) is 0 Å². The van der Waals surface area contributed by atoms with Crippen LogP contribution in [0.3, 0.4) is 0 Å². The molecule has 2 spiro atoms. The van der Waals surface area contributed by atoms with Crippen LogP contribution in [0.15, 0.2) is 224 Å². The molecule has 0 radical (unpaired) electrons. The van der Waals surface area contributed by atoms with Crippen molar-refractivity contribution >= 4 is 17.1 Å². The average molecular weight is 826 g/mol. The third-order valence-electron chi connectivity index (χ3n) is 15.2. The van der Waals surface area contributed by atoms with E-state index >= 15 is 0 Å². The van der Waals surface area contributed by atoms with E-state index in [0.29, 0.717) is 0 Å². The van der Waals surface area contributed by atoms with Gasteiger partial charge in [0.1, 0.15) is 0 Å². The molecule has 304 valence electrons. The van der Waals surface area contributed by atoms with Crippen LogP contribution in [0, 0.1) is 13.8 Å². The Labute approximate surface area is 380 Å². The molecule has 0 N–H and O–H groups in total. The van der Waals surface area contributed by atoms with Gasteiger partial charge in [-0.3, -0.25) is 0 Å². The Morgan fingerprint density at radius 3 is 1.20 bits per heavy atom. The minimum absolute atomic E-state index is 0.420. The summed E-state index contributed by atoms with van der Waals surface area (Å²) in [5.74, 6) is 0. The summed E-state index contributed by atoms with van der Waals surface area (Å²) in [4.78, 5) is 2.44. The van der Waals surface area contributed by atoms with E-state index < -0.39 is 10.8 Å². The number of anilines is 3. The lowest BCUT2D eigenvalue weighted by atomic mass is 9.68. The van der Waals surface area contributed by atoms with Crippen LogP contribution >= 0.6 is 0 Å². The Bertz CT molecular complexity index is 3510. The predicted molar refractivity (Wildman–Crippen MR) is 269 cm³/mol. The lowest BCUT2D eigenvalue weighted by Crippen LogP contribution is -2.27. The molecular formula is C64H43N. The number of benzene rings is 10. The molecule has 0 fully saturated rings. The quantitative estimate of drug-likeness (QED) is 0.171. The second-order valence-electron chi connectivity index (χ2n) is 18.5. The SMILES string of the molecule is Cc1ccc2c(c1)C1(c3cc(C)ccc3-2)c2ccccc2-c2cccc(-c3ccc(N(c4ccccc4)c4ccc5c(c4)C4(c6ccccc6-c6ccccc64)c4ccccc4-5)cc3)c21. The van der Waals surface area contributed by atoms with Gasteiger partial charge in [0.05, 0.1) is 10.8 Å². The average Bonchev–Trinajstić information content (AvgIpc) is 4.03. The minimum atomic E-state index is -0.435. The Balaban J connectivity index is 0.959. The molecule has 65 heavy (non-hydrogen) atoms. The number of nitrogens with zero attached hydrogens (tertiary/aromatic N) is 1. The molecule has 0 saturated heterocycles. The number of rotatable bonds is 4. The Hall–Kier alpha value is -8.00. The highest BCUT2D eigenvalue weighted by molar-refractivity contribution is 6.00. The standard InChI is InChI=1S/C64H43N/c1-40-27-34-51-52-35-28-41(2)38-60(52)64(59(51)37-40)58-26-13-9-20-50(58)54-22-14-21-46(62(54)64)42-29-31-44(32-30-42)65(43-15-4-3-5-16-43)45-33-36-53-49-19-8-12-25-57(49)63(61(53)39-45)55-23-10-6-17-47(55)48-18-7-11-24-56(48)63/h3-39H,1-2H3. The van der Waals surface area contributed by atoms with Gasteiger partial charge in [-0.2, -0.15) is 0 Å². The predicted octanol–water partition coefficient (Wildman–Crippen LogP) is 16.1. The number of fused-ring (bicyclic) bond motifs is 20. The Kier molecular flexibility index (Phi) is 7.45. The van der Waals surface area contributed by atoms with Gasteiger partial charge in [0.2, 0.25) is 0 Å². The zero-order valence-electron chi connectivity index (χ0n) is 36.3. The molecule has 0 saturated carbocycles. The van der Waals surface area contributed by atoms with Crippen molar-refractivity contribution in [3.05, 3.63) is 280 Å². The van der Waals surface area contributed by atoms with E-state index in [0.717, 1.165) is 17.1 Å². The van der Waals surface area contributed by atoms with Crippen molar-refractivity contribution in [2.45, 2.75) is 24.7 Å².